The van der Waals surface area contributed by atoms with Gasteiger partial charge in [-0.25, -0.2) is 0 Å². The molecular formula is C20H25NO5. The van der Waals surface area contributed by atoms with Crippen LogP contribution in [-0.2, 0) is 11.3 Å². The zero-order chi connectivity index (χ0) is 19.1. The van der Waals surface area contributed by atoms with Gasteiger partial charge >= 0.3 is 0 Å². The first-order valence-corrected chi connectivity index (χ1v) is 8.30. The van der Waals surface area contributed by atoms with Gasteiger partial charge in [-0.05, 0) is 42.8 Å². The Morgan fingerprint density at radius 3 is 2.42 bits per heavy atom. The zero-order valence-corrected chi connectivity index (χ0v) is 15.6. The Morgan fingerprint density at radius 1 is 1.08 bits per heavy atom. The van der Waals surface area contributed by atoms with E-state index in [0.717, 1.165) is 5.56 Å². The number of ether oxygens (including phenoxy) is 3. The summed E-state index contributed by atoms with van der Waals surface area (Å²) in [6.45, 7) is 2.70. The van der Waals surface area contributed by atoms with Gasteiger partial charge in [0.05, 0.1) is 26.9 Å². The van der Waals surface area contributed by atoms with Crippen molar-refractivity contribution in [3.05, 3.63) is 53.6 Å². The van der Waals surface area contributed by atoms with Gasteiger partial charge in [-0.3, -0.25) is 4.79 Å². The lowest BCUT2D eigenvalue weighted by molar-refractivity contribution is 0.0541. The molecule has 0 spiro atoms. The van der Waals surface area contributed by atoms with Crippen LogP contribution in [0.4, 0.5) is 0 Å². The maximum atomic E-state index is 13.0. The van der Waals surface area contributed by atoms with E-state index in [-0.39, 0.29) is 17.7 Å². The van der Waals surface area contributed by atoms with Gasteiger partial charge in [0.2, 0.25) is 0 Å². The fraction of sp³-hybridized carbons (Fsp3) is 0.350. The van der Waals surface area contributed by atoms with Crippen LogP contribution >= 0.6 is 0 Å². The second kappa shape index (κ2) is 9.10. The third-order valence-corrected chi connectivity index (χ3v) is 4.09. The molecule has 0 aromatic heterocycles. The van der Waals surface area contributed by atoms with Crippen molar-refractivity contribution >= 4 is 5.91 Å². The number of nitrogens with zero attached hydrogens (tertiary/aromatic N) is 1. The first-order valence-electron chi connectivity index (χ1n) is 8.30. The van der Waals surface area contributed by atoms with E-state index < -0.39 is 0 Å². The summed E-state index contributed by atoms with van der Waals surface area (Å²) in [7, 11) is 4.75. The Kier molecular flexibility index (Phi) is 6.86. The molecular weight excluding hydrogens is 334 g/mol. The van der Waals surface area contributed by atoms with E-state index in [1.165, 1.54) is 12.1 Å². The van der Waals surface area contributed by atoms with Crippen molar-refractivity contribution in [3.63, 3.8) is 0 Å². The van der Waals surface area contributed by atoms with Crippen LogP contribution in [0, 0.1) is 0 Å². The highest BCUT2D eigenvalue weighted by atomic mass is 16.5. The van der Waals surface area contributed by atoms with E-state index >= 15 is 0 Å². The van der Waals surface area contributed by atoms with Crippen LogP contribution in [0.1, 0.15) is 22.8 Å². The molecule has 6 nitrogen and oxygen atoms in total. The summed E-state index contributed by atoms with van der Waals surface area (Å²) in [5, 5.41) is 9.68. The number of carbonyl (C=O) groups is 1. The summed E-state index contributed by atoms with van der Waals surface area (Å²) >= 11 is 0. The van der Waals surface area contributed by atoms with Gasteiger partial charge < -0.3 is 24.2 Å². The second-order valence-electron chi connectivity index (χ2n) is 5.98. The second-order valence-corrected chi connectivity index (χ2v) is 5.98. The molecule has 0 bridgehead atoms. The minimum atomic E-state index is -0.180. The molecule has 0 saturated heterocycles. The lowest BCUT2D eigenvalue weighted by atomic mass is 10.1. The van der Waals surface area contributed by atoms with Gasteiger partial charge in [0.25, 0.3) is 5.91 Å². The van der Waals surface area contributed by atoms with Gasteiger partial charge in [-0.1, -0.05) is 12.1 Å². The van der Waals surface area contributed by atoms with Crippen molar-refractivity contribution in [2.24, 2.45) is 0 Å². The van der Waals surface area contributed by atoms with Crippen LogP contribution < -0.4 is 9.47 Å². The van der Waals surface area contributed by atoms with Crippen LogP contribution in [-0.4, -0.2) is 49.9 Å². The van der Waals surface area contributed by atoms with Gasteiger partial charge in [-0.2, -0.15) is 0 Å². The Balaban J connectivity index is 2.32. The van der Waals surface area contributed by atoms with Gasteiger partial charge in [0.1, 0.15) is 5.75 Å². The molecule has 0 aliphatic heterocycles. The number of hydrogen-bond acceptors (Lipinski definition) is 5. The molecule has 26 heavy (non-hydrogen) atoms. The number of hydrogen-bond donors (Lipinski definition) is 1. The third-order valence-electron chi connectivity index (χ3n) is 4.09. The van der Waals surface area contributed by atoms with Crippen molar-refractivity contribution < 1.29 is 24.1 Å². The highest BCUT2D eigenvalue weighted by molar-refractivity contribution is 5.94. The Bertz CT molecular complexity index is 747. The minimum Gasteiger partial charge on any atom is -0.508 e. The maximum absolute atomic E-state index is 13.0. The Morgan fingerprint density at radius 2 is 1.81 bits per heavy atom. The first-order chi connectivity index (χ1) is 12.5. The van der Waals surface area contributed by atoms with E-state index in [1.54, 1.807) is 38.4 Å². The average Bonchev–Trinajstić information content (AvgIpc) is 2.65. The summed E-state index contributed by atoms with van der Waals surface area (Å²) in [6.07, 6.45) is 0. The summed E-state index contributed by atoms with van der Waals surface area (Å²) < 4.78 is 15.8. The summed E-state index contributed by atoms with van der Waals surface area (Å²) in [4.78, 5) is 14.7. The maximum Gasteiger partial charge on any atom is 0.254 e. The normalized spacial score (nSPS) is 11.7. The lowest BCUT2D eigenvalue weighted by Gasteiger charge is -2.29. The molecule has 0 unspecified atom stereocenters. The first kappa shape index (κ1) is 19.6. The predicted octanol–water partition coefficient (Wildman–Crippen LogP) is 3.09. The van der Waals surface area contributed by atoms with Crippen molar-refractivity contribution in [1.29, 1.82) is 0 Å². The molecule has 2 aromatic rings. The summed E-state index contributed by atoms with van der Waals surface area (Å²) in [5.41, 5.74) is 1.33. The number of amides is 1. The summed E-state index contributed by atoms with van der Waals surface area (Å²) in [6, 6.07) is 11.7. The molecule has 2 aromatic carbocycles. The average molecular weight is 359 g/mol. The van der Waals surface area contributed by atoms with Crippen LogP contribution in [0.5, 0.6) is 17.2 Å². The molecule has 6 heteroatoms. The van der Waals surface area contributed by atoms with Crippen molar-refractivity contribution in [2.45, 2.75) is 19.5 Å². The SMILES string of the molecule is COC[C@@H](C)N(Cc1ccc(OC)c(OC)c1)C(=O)c1cccc(O)c1. The Hall–Kier alpha value is -2.73. The smallest absolute Gasteiger partial charge is 0.254 e. The number of benzene rings is 2. The molecule has 1 amide bonds. The monoisotopic (exact) mass is 359 g/mol. The third kappa shape index (κ3) is 4.67. The standard InChI is InChI=1S/C20H25NO5/c1-14(13-24-2)21(20(23)16-6-5-7-17(22)11-16)12-15-8-9-18(25-3)19(10-15)26-4/h5-11,14,22H,12-13H2,1-4H3/t14-/m1/s1. The number of methoxy groups -OCH3 is 3. The molecule has 0 heterocycles. The lowest BCUT2D eigenvalue weighted by Crippen LogP contribution is -2.40. The number of rotatable bonds is 8. The van der Waals surface area contributed by atoms with Gasteiger partial charge in [0, 0.05) is 19.2 Å². The van der Waals surface area contributed by atoms with Crippen LogP contribution in [0.2, 0.25) is 0 Å². The van der Waals surface area contributed by atoms with E-state index in [4.69, 9.17) is 14.2 Å². The number of aromatic hydroxyl groups is 1. The fourth-order valence-electron chi connectivity index (χ4n) is 2.74. The highest BCUT2D eigenvalue weighted by Gasteiger charge is 2.22. The molecule has 0 aliphatic rings. The van der Waals surface area contributed by atoms with E-state index in [0.29, 0.717) is 30.2 Å². The molecule has 2 rings (SSSR count). The van der Waals surface area contributed by atoms with Gasteiger partial charge in [0.15, 0.2) is 11.5 Å². The van der Waals surface area contributed by atoms with E-state index in [9.17, 15) is 9.90 Å². The van der Waals surface area contributed by atoms with Crippen molar-refractivity contribution in [3.8, 4) is 17.2 Å². The largest absolute Gasteiger partial charge is 0.508 e. The van der Waals surface area contributed by atoms with Crippen LogP contribution in [0.25, 0.3) is 0 Å². The minimum absolute atomic E-state index is 0.0568. The highest BCUT2D eigenvalue weighted by Crippen LogP contribution is 2.28. The van der Waals surface area contributed by atoms with Crippen molar-refractivity contribution in [2.75, 3.05) is 27.9 Å². The van der Waals surface area contributed by atoms with Gasteiger partial charge in [-0.15, -0.1) is 0 Å². The topological polar surface area (TPSA) is 68.2 Å². The molecule has 0 aliphatic carbocycles. The molecule has 1 atom stereocenters. The van der Waals surface area contributed by atoms with Crippen LogP contribution in [0.15, 0.2) is 42.5 Å². The van der Waals surface area contributed by atoms with E-state index in [2.05, 4.69) is 0 Å². The quantitative estimate of drug-likeness (QED) is 0.784. The molecule has 1 N–H and O–H groups in total. The van der Waals surface area contributed by atoms with Crippen LogP contribution in [0.3, 0.4) is 0 Å². The van der Waals surface area contributed by atoms with E-state index in [1.807, 2.05) is 25.1 Å². The Labute approximate surface area is 153 Å². The predicted molar refractivity (Wildman–Crippen MR) is 98.9 cm³/mol. The summed E-state index contributed by atoms with van der Waals surface area (Å²) in [5.74, 6) is 1.11. The number of phenols is 1. The molecule has 140 valence electrons. The number of carbonyl (C=O) groups excluding carboxylic acids is 1. The number of phenolic OH excluding ortho intramolecular Hbond substituents is 1. The fourth-order valence-corrected chi connectivity index (χ4v) is 2.74. The van der Waals surface area contributed by atoms with Crippen molar-refractivity contribution in [1.82, 2.24) is 4.90 Å². The zero-order valence-electron chi connectivity index (χ0n) is 15.6. The molecule has 0 radical (unpaired) electrons. The molecule has 0 saturated carbocycles. The molecule has 0 fully saturated rings.